The minimum atomic E-state index is -0.289. The first-order valence-corrected chi connectivity index (χ1v) is 10.4. The van der Waals surface area contributed by atoms with E-state index >= 15 is 0 Å². The first kappa shape index (κ1) is 23.4. The van der Waals surface area contributed by atoms with Gasteiger partial charge in [0.15, 0.2) is 0 Å². The molecule has 1 aromatic carbocycles. The maximum absolute atomic E-state index is 12.7. The van der Waals surface area contributed by atoms with Gasteiger partial charge in [-0.25, -0.2) is 9.79 Å². The maximum Gasteiger partial charge on any atom is 0.317 e. The summed E-state index contributed by atoms with van der Waals surface area (Å²) in [6.45, 7) is 9.13. The van der Waals surface area contributed by atoms with Crippen LogP contribution in [0, 0.1) is 0 Å². The van der Waals surface area contributed by atoms with Crippen LogP contribution in [-0.2, 0) is 0 Å². The number of hydrogen-bond donors (Lipinski definition) is 1. The van der Waals surface area contributed by atoms with Gasteiger partial charge in [-0.05, 0) is 59.1 Å². The molecule has 1 aromatic rings. The van der Waals surface area contributed by atoms with Crippen molar-refractivity contribution in [1.29, 1.82) is 0 Å². The SMILES string of the molecule is C=N/C=N\C(=C/C)c1ccc(C(C)NC(=O)N(C)C2CCN(C)CC2)c(Cl)c1Cl. The van der Waals surface area contributed by atoms with Crippen LogP contribution in [-0.4, -0.2) is 62.1 Å². The summed E-state index contributed by atoms with van der Waals surface area (Å²) in [4.78, 5) is 24.6. The number of halogens is 2. The molecule has 0 spiro atoms. The summed E-state index contributed by atoms with van der Waals surface area (Å²) >= 11 is 13.0. The molecule has 6 nitrogen and oxygen atoms in total. The van der Waals surface area contributed by atoms with Crippen molar-refractivity contribution in [3.05, 3.63) is 39.4 Å². The Kier molecular flexibility index (Phi) is 8.68. The van der Waals surface area contributed by atoms with E-state index in [1.807, 2.05) is 39.1 Å². The molecule has 0 aromatic heterocycles. The quantitative estimate of drug-likeness (QED) is 0.508. The number of nitrogens with zero attached hydrogens (tertiary/aromatic N) is 4. The number of piperidine rings is 1. The van der Waals surface area contributed by atoms with Gasteiger partial charge in [-0.3, -0.25) is 4.99 Å². The summed E-state index contributed by atoms with van der Waals surface area (Å²) in [5, 5.41) is 3.83. The monoisotopic (exact) mass is 437 g/mol. The van der Waals surface area contributed by atoms with Gasteiger partial charge in [0.1, 0.15) is 6.34 Å². The second kappa shape index (κ2) is 10.8. The molecular formula is C21H29Cl2N5O. The van der Waals surface area contributed by atoms with Crippen molar-refractivity contribution >= 4 is 48.0 Å². The lowest BCUT2D eigenvalue weighted by Gasteiger charge is -2.35. The van der Waals surface area contributed by atoms with Crippen molar-refractivity contribution in [2.24, 2.45) is 9.98 Å². The fraction of sp³-hybridized carbons (Fsp3) is 0.476. The molecule has 1 atom stereocenters. The van der Waals surface area contributed by atoms with Gasteiger partial charge in [0, 0.05) is 18.7 Å². The molecule has 1 unspecified atom stereocenters. The molecule has 8 heteroatoms. The third-order valence-electron chi connectivity index (χ3n) is 5.30. The van der Waals surface area contributed by atoms with Crippen molar-refractivity contribution in [1.82, 2.24) is 15.1 Å². The van der Waals surface area contributed by atoms with Crippen LogP contribution in [0.2, 0.25) is 10.0 Å². The van der Waals surface area contributed by atoms with Crippen LogP contribution >= 0.6 is 23.2 Å². The van der Waals surface area contributed by atoms with E-state index in [-0.39, 0.29) is 18.1 Å². The van der Waals surface area contributed by atoms with Crippen LogP contribution in [0.15, 0.2) is 28.2 Å². The maximum atomic E-state index is 12.7. The van der Waals surface area contributed by atoms with Crippen LogP contribution in [0.5, 0.6) is 0 Å². The molecule has 2 amide bonds. The van der Waals surface area contributed by atoms with E-state index in [0.717, 1.165) is 31.5 Å². The van der Waals surface area contributed by atoms with Gasteiger partial charge in [0.05, 0.1) is 21.8 Å². The largest absolute Gasteiger partial charge is 0.331 e. The number of benzene rings is 1. The van der Waals surface area contributed by atoms with Crippen LogP contribution in [0.25, 0.3) is 5.70 Å². The highest BCUT2D eigenvalue weighted by molar-refractivity contribution is 6.43. The molecule has 1 aliphatic heterocycles. The number of allylic oxidation sites excluding steroid dienone is 1. The Morgan fingerprint density at radius 1 is 1.34 bits per heavy atom. The van der Waals surface area contributed by atoms with Crippen LogP contribution in [0.3, 0.4) is 0 Å². The minimum Gasteiger partial charge on any atom is -0.331 e. The molecular weight excluding hydrogens is 409 g/mol. The lowest BCUT2D eigenvalue weighted by Crippen LogP contribution is -2.48. The Labute approximate surface area is 183 Å². The summed E-state index contributed by atoms with van der Waals surface area (Å²) in [6.07, 6.45) is 5.13. The second-order valence-corrected chi connectivity index (χ2v) is 8.00. The molecule has 0 saturated carbocycles. The van der Waals surface area contributed by atoms with E-state index in [1.54, 1.807) is 4.90 Å². The number of aliphatic imine (C=N–C) groups is 2. The molecule has 1 heterocycles. The third kappa shape index (κ3) is 5.81. The number of carbonyl (C=O) groups excluding carboxylic acids is 1. The molecule has 0 aliphatic carbocycles. The van der Waals surface area contributed by atoms with E-state index in [0.29, 0.717) is 21.3 Å². The standard InChI is InChI=1S/C21H29Cl2N5O/c1-6-18(25-13-24-3)17-8-7-16(19(22)20(17)23)14(2)26-21(29)28(5)15-9-11-27(4)12-10-15/h6-8,13-15H,3,9-12H2,1-2,4-5H3,(H,26,29)/b18-6-,25-13-. The van der Waals surface area contributed by atoms with Crippen molar-refractivity contribution in [2.45, 2.75) is 38.8 Å². The van der Waals surface area contributed by atoms with E-state index < -0.39 is 0 Å². The summed E-state index contributed by atoms with van der Waals surface area (Å²) in [5.74, 6) is 0. The van der Waals surface area contributed by atoms with E-state index in [1.165, 1.54) is 6.34 Å². The van der Waals surface area contributed by atoms with Gasteiger partial charge in [-0.1, -0.05) is 41.4 Å². The summed E-state index contributed by atoms with van der Waals surface area (Å²) in [6, 6.07) is 3.56. The number of rotatable bonds is 6. The number of carbonyl (C=O) groups is 1. The van der Waals surface area contributed by atoms with Gasteiger partial charge >= 0.3 is 6.03 Å². The van der Waals surface area contributed by atoms with Gasteiger partial charge in [0.2, 0.25) is 0 Å². The van der Waals surface area contributed by atoms with Crippen LogP contribution in [0.1, 0.15) is 43.9 Å². The first-order valence-electron chi connectivity index (χ1n) is 9.64. The fourth-order valence-electron chi connectivity index (χ4n) is 3.41. The van der Waals surface area contributed by atoms with Gasteiger partial charge in [-0.2, -0.15) is 0 Å². The Bertz CT molecular complexity index is 801. The molecule has 1 N–H and O–H groups in total. The van der Waals surface area contributed by atoms with Gasteiger partial charge < -0.3 is 15.1 Å². The highest BCUT2D eigenvalue weighted by atomic mass is 35.5. The smallest absolute Gasteiger partial charge is 0.317 e. The Hall–Kier alpha value is -1.89. The van der Waals surface area contributed by atoms with Crippen molar-refractivity contribution in [3.8, 4) is 0 Å². The van der Waals surface area contributed by atoms with Crippen molar-refractivity contribution < 1.29 is 4.79 Å². The number of urea groups is 1. The molecule has 0 bridgehead atoms. The Morgan fingerprint density at radius 3 is 2.59 bits per heavy atom. The summed E-state index contributed by atoms with van der Waals surface area (Å²) in [7, 11) is 3.95. The molecule has 29 heavy (non-hydrogen) atoms. The van der Waals surface area contributed by atoms with Crippen molar-refractivity contribution in [2.75, 3.05) is 27.2 Å². The third-order valence-corrected chi connectivity index (χ3v) is 6.20. The summed E-state index contributed by atoms with van der Waals surface area (Å²) in [5.41, 5.74) is 2.10. The van der Waals surface area contributed by atoms with Gasteiger partial charge in [-0.15, -0.1) is 0 Å². The highest BCUT2D eigenvalue weighted by Gasteiger charge is 2.25. The number of likely N-dealkylation sites (tertiary alicyclic amines) is 1. The first-order chi connectivity index (χ1) is 13.8. The zero-order chi connectivity index (χ0) is 21.6. The highest BCUT2D eigenvalue weighted by Crippen LogP contribution is 2.36. The number of nitrogens with one attached hydrogen (secondary N) is 1. The zero-order valence-corrected chi connectivity index (χ0v) is 19.0. The van der Waals surface area contributed by atoms with Crippen LogP contribution < -0.4 is 5.32 Å². The average Bonchev–Trinajstić information content (AvgIpc) is 2.71. The molecule has 1 saturated heterocycles. The Balaban J connectivity index is 2.13. The Morgan fingerprint density at radius 2 is 2.00 bits per heavy atom. The number of amides is 2. The summed E-state index contributed by atoms with van der Waals surface area (Å²) < 4.78 is 0. The van der Waals surface area contributed by atoms with Crippen molar-refractivity contribution in [3.63, 3.8) is 0 Å². The zero-order valence-electron chi connectivity index (χ0n) is 17.5. The molecule has 158 valence electrons. The molecule has 2 rings (SSSR count). The second-order valence-electron chi connectivity index (χ2n) is 7.25. The predicted molar refractivity (Wildman–Crippen MR) is 123 cm³/mol. The lowest BCUT2D eigenvalue weighted by atomic mass is 10.0. The van der Waals surface area contributed by atoms with E-state index in [4.69, 9.17) is 23.2 Å². The minimum absolute atomic E-state index is 0.112. The average molecular weight is 438 g/mol. The van der Waals surface area contributed by atoms with E-state index in [9.17, 15) is 4.79 Å². The predicted octanol–water partition coefficient (Wildman–Crippen LogP) is 4.88. The molecule has 1 fully saturated rings. The van der Waals surface area contributed by atoms with Crippen LogP contribution in [0.4, 0.5) is 4.79 Å². The topological polar surface area (TPSA) is 60.3 Å². The fourth-order valence-corrected chi connectivity index (χ4v) is 4.01. The molecule has 1 aliphatic rings. The lowest BCUT2D eigenvalue weighted by molar-refractivity contribution is 0.146. The van der Waals surface area contributed by atoms with Gasteiger partial charge in [0.25, 0.3) is 0 Å². The number of hydrogen-bond acceptors (Lipinski definition) is 3. The normalized spacial score (nSPS) is 17.4. The van der Waals surface area contributed by atoms with E-state index in [2.05, 4.69) is 34.0 Å². The molecule has 0 radical (unpaired) electrons.